The van der Waals surface area contributed by atoms with E-state index in [1.807, 2.05) is 6.92 Å². The lowest BCUT2D eigenvalue weighted by Gasteiger charge is -2.29. The molecule has 1 fully saturated rings. The van der Waals surface area contributed by atoms with Crippen molar-refractivity contribution in [3.05, 3.63) is 0 Å². The minimum Gasteiger partial charge on any atom is -0.379 e. The van der Waals surface area contributed by atoms with Gasteiger partial charge in [-0.15, -0.1) is 12.4 Å². The Morgan fingerprint density at radius 3 is 2.50 bits per heavy atom. The first-order valence-electron chi connectivity index (χ1n) is 5.45. The molecule has 0 bridgehead atoms. The van der Waals surface area contributed by atoms with Crippen LogP contribution in [0.2, 0.25) is 0 Å². The number of nitrogens with two attached hydrogens (primary N) is 1. The Morgan fingerprint density at radius 1 is 1.44 bits per heavy atom. The SMILES string of the molecule is CC(CN1CCOCC1)NC(=O)C(C)N.Cl. The maximum Gasteiger partial charge on any atom is 0.236 e. The lowest BCUT2D eigenvalue weighted by Crippen LogP contribution is -2.49. The maximum atomic E-state index is 11.3. The molecule has 2 unspecified atom stereocenters. The molecule has 1 saturated heterocycles. The largest absolute Gasteiger partial charge is 0.379 e. The van der Waals surface area contributed by atoms with Gasteiger partial charge in [0.25, 0.3) is 0 Å². The number of carbonyl (C=O) groups is 1. The molecule has 0 aromatic heterocycles. The first kappa shape index (κ1) is 15.6. The lowest BCUT2D eigenvalue weighted by atomic mass is 10.2. The van der Waals surface area contributed by atoms with Gasteiger partial charge in [0.15, 0.2) is 0 Å². The van der Waals surface area contributed by atoms with Crippen LogP contribution in [0.4, 0.5) is 0 Å². The normalized spacial score (nSPS) is 20.7. The van der Waals surface area contributed by atoms with Crippen molar-refractivity contribution in [2.24, 2.45) is 5.73 Å². The fourth-order valence-corrected chi connectivity index (χ4v) is 1.59. The van der Waals surface area contributed by atoms with Gasteiger partial charge >= 0.3 is 0 Å². The summed E-state index contributed by atoms with van der Waals surface area (Å²) in [4.78, 5) is 13.6. The van der Waals surface area contributed by atoms with Gasteiger partial charge in [-0.1, -0.05) is 0 Å². The number of hydrogen-bond acceptors (Lipinski definition) is 4. The van der Waals surface area contributed by atoms with Gasteiger partial charge in [-0.05, 0) is 13.8 Å². The van der Waals surface area contributed by atoms with Crippen LogP contribution in [0.1, 0.15) is 13.8 Å². The highest BCUT2D eigenvalue weighted by Gasteiger charge is 2.16. The Bertz CT molecular complexity index is 208. The summed E-state index contributed by atoms with van der Waals surface area (Å²) in [5.74, 6) is -0.0873. The lowest BCUT2D eigenvalue weighted by molar-refractivity contribution is -0.122. The Hall–Kier alpha value is -0.360. The standard InChI is InChI=1S/C10H21N3O2.ClH/c1-8(12-10(14)9(2)11)7-13-3-5-15-6-4-13;/h8-9H,3-7,11H2,1-2H3,(H,12,14);1H. The van der Waals surface area contributed by atoms with Crippen molar-refractivity contribution in [2.45, 2.75) is 25.9 Å². The second-order valence-electron chi connectivity index (χ2n) is 4.11. The molecule has 6 heteroatoms. The van der Waals surface area contributed by atoms with E-state index in [9.17, 15) is 4.79 Å². The van der Waals surface area contributed by atoms with Crippen LogP contribution in [0.5, 0.6) is 0 Å². The summed E-state index contributed by atoms with van der Waals surface area (Å²) >= 11 is 0. The topological polar surface area (TPSA) is 67.6 Å². The molecule has 0 aromatic rings. The van der Waals surface area contributed by atoms with Crippen LogP contribution in [-0.4, -0.2) is 55.7 Å². The predicted octanol–water partition coefficient (Wildman–Crippen LogP) is -0.408. The minimum absolute atomic E-state index is 0. The maximum absolute atomic E-state index is 11.3. The molecule has 5 nitrogen and oxygen atoms in total. The van der Waals surface area contributed by atoms with E-state index >= 15 is 0 Å². The van der Waals surface area contributed by atoms with Crippen molar-refractivity contribution in [1.82, 2.24) is 10.2 Å². The molecule has 0 saturated carbocycles. The summed E-state index contributed by atoms with van der Waals surface area (Å²) in [6, 6.07) is -0.293. The summed E-state index contributed by atoms with van der Waals surface area (Å²) in [5, 5.41) is 2.88. The molecule has 1 rings (SSSR count). The van der Waals surface area contributed by atoms with Crippen LogP contribution in [0.3, 0.4) is 0 Å². The van der Waals surface area contributed by atoms with Gasteiger partial charge in [0.1, 0.15) is 0 Å². The quantitative estimate of drug-likeness (QED) is 0.713. The molecule has 1 heterocycles. The fraction of sp³-hybridized carbons (Fsp3) is 0.900. The third-order valence-corrected chi connectivity index (χ3v) is 2.44. The molecule has 1 amide bonds. The highest BCUT2D eigenvalue weighted by atomic mass is 35.5. The molecular formula is C10H22ClN3O2. The summed E-state index contributed by atoms with van der Waals surface area (Å²) < 4.78 is 5.25. The Balaban J connectivity index is 0.00000225. The second kappa shape index (κ2) is 7.84. The molecular weight excluding hydrogens is 230 g/mol. The summed E-state index contributed by atoms with van der Waals surface area (Å²) in [7, 11) is 0. The summed E-state index contributed by atoms with van der Waals surface area (Å²) in [6.07, 6.45) is 0. The van der Waals surface area contributed by atoms with Crippen molar-refractivity contribution < 1.29 is 9.53 Å². The monoisotopic (exact) mass is 251 g/mol. The zero-order chi connectivity index (χ0) is 11.3. The van der Waals surface area contributed by atoms with Crippen molar-refractivity contribution in [1.29, 1.82) is 0 Å². The Labute approximate surface area is 103 Å². The molecule has 0 aromatic carbocycles. The highest BCUT2D eigenvalue weighted by Crippen LogP contribution is 1.98. The van der Waals surface area contributed by atoms with E-state index in [0.717, 1.165) is 32.8 Å². The number of amides is 1. The van der Waals surface area contributed by atoms with Gasteiger partial charge in [-0.3, -0.25) is 9.69 Å². The van der Waals surface area contributed by atoms with Gasteiger partial charge < -0.3 is 15.8 Å². The van der Waals surface area contributed by atoms with Crippen LogP contribution in [0, 0.1) is 0 Å². The van der Waals surface area contributed by atoms with E-state index in [0.29, 0.717) is 0 Å². The summed E-state index contributed by atoms with van der Waals surface area (Å²) in [6.45, 7) is 8.01. The molecule has 16 heavy (non-hydrogen) atoms. The average Bonchev–Trinajstić information content (AvgIpc) is 2.18. The van der Waals surface area contributed by atoms with Crippen LogP contribution in [0.15, 0.2) is 0 Å². The molecule has 3 N–H and O–H groups in total. The number of nitrogens with zero attached hydrogens (tertiary/aromatic N) is 1. The Kier molecular flexibility index (Phi) is 7.66. The van der Waals surface area contributed by atoms with E-state index in [1.165, 1.54) is 0 Å². The van der Waals surface area contributed by atoms with Gasteiger partial charge in [-0.2, -0.15) is 0 Å². The molecule has 1 aliphatic rings. The van der Waals surface area contributed by atoms with E-state index < -0.39 is 6.04 Å². The highest BCUT2D eigenvalue weighted by molar-refractivity contribution is 5.85. The van der Waals surface area contributed by atoms with Gasteiger partial charge in [-0.25, -0.2) is 0 Å². The van der Waals surface area contributed by atoms with Crippen molar-refractivity contribution in [3.8, 4) is 0 Å². The van der Waals surface area contributed by atoms with Crippen molar-refractivity contribution in [3.63, 3.8) is 0 Å². The number of morpholine rings is 1. The number of halogens is 1. The van der Waals surface area contributed by atoms with Gasteiger partial charge in [0.05, 0.1) is 19.3 Å². The first-order valence-corrected chi connectivity index (χ1v) is 5.45. The van der Waals surface area contributed by atoms with Crippen LogP contribution in [-0.2, 0) is 9.53 Å². The molecule has 0 aliphatic carbocycles. The molecule has 0 spiro atoms. The smallest absolute Gasteiger partial charge is 0.236 e. The Morgan fingerprint density at radius 2 is 2.00 bits per heavy atom. The third-order valence-electron chi connectivity index (χ3n) is 2.44. The van der Waals surface area contributed by atoms with Gasteiger partial charge in [0.2, 0.25) is 5.91 Å². The average molecular weight is 252 g/mol. The zero-order valence-corrected chi connectivity index (χ0v) is 10.8. The number of nitrogens with one attached hydrogen (secondary N) is 1. The predicted molar refractivity (Wildman–Crippen MR) is 65.8 cm³/mol. The number of rotatable bonds is 4. The summed E-state index contributed by atoms with van der Waals surface area (Å²) in [5.41, 5.74) is 5.47. The third kappa shape index (κ3) is 5.65. The molecule has 1 aliphatic heterocycles. The van der Waals surface area contributed by atoms with E-state index in [1.54, 1.807) is 6.92 Å². The fourth-order valence-electron chi connectivity index (χ4n) is 1.59. The van der Waals surface area contributed by atoms with Crippen molar-refractivity contribution >= 4 is 18.3 Å². The first-order chi connectivity index (χ1) is 7.09. The second-order valence-corrected chi connectivity index (χ2v) is 4.11. The zero-order valence-electron chi connectivity index (χ0n) is 9.94. The minimum atomic E-state index is -0.433. The van der Waals surface area contributed by atoms with Gasteiger partial charge in [0, 0.05) is 25.7 Å². The van der Waals surface area contributed by atoms with E-state index in [-0.39, 0.29) is 24.4 Å². The molecule has 0 radical (unpaired) electrons. The van der Waals surface area contributed by atoms with Crippen molar-refractivity contribution in [2.75, 3.05) is 32.8 Å². The molecule has 96 valence electrons. The van der Waals surface area contributed by atoms with Crippen LogP contribution < -0.4 is 11.1 Å². The van der Waals surface area contributed by atoms with Crippen LogP contribution >= 0.6 is 12.4 Å². The number of ether oxygens (including phenoxy) is 1. The van der Waals surface area contributed by atoms with Crippen LogP contribution in [0.25, 0.3) is 0 Å². The van der Waals surface area contributed by atoms with E-state index in [4.69, 9.17) is 10.5 Å². The van der Waals surface area contributed by atoms with E-state index in [2.05, 4.69) is 10.2 Å². The number of hydrogen-bond donors (Lipinski definition) is 2. The number of carbonyl (C=O) groups excluding carboxylic acids is 1. The molecule has 2 atom stereocenters.